The Hall–Kier alpha value is -0.570. The van der Waals surface area contributed by atoms with Gasteiger partial charge in [-0.15, -0.1) is 0 Å². The van der Waals surface area contributed by atoms with Crippen molar-refractivity contribution < 1.29 is 9.90 Å². The van der Waals surface area contributed by atoms with Gasteiger partial charge >= 0.3 is 0 Å². The molecule has 1 atom stereocenters. The first-order chi connectivity index (χ1) is 6.62. The molecule has 1 saturated carbocycles. The summed E-state index contributed by atoms with van der Waals surface area (Å²) in [5.74, 6) is 0.877. The largest absolute Gasteiger partial charge is 0.391 e. The van der Waals surface area contributed by atoms with Gasteiger partial charge in [0.1, 0.15) is 0 Å². The Kier molecular flexibility index (Phi) is 2.52. The summed E-state index contributed by atoms with van der Waals surface area (Å²) in [5.41, 5.74) is -0.0884. The lowest BCUT2D eigenvalue weighted by Gasteiger charge is -2.45. The zero-order valence-electron chi connectivity index (χ0n) is 8.75. The molecule has 14 heavy (non-hydrogen) atoms. The molecule has 1 aliphatic heterocycles. The van der Waals surface area contributed by atoms with Crippen LogP contribution >= 0.6 is 0 Å². The number of aliphatic hydroxyl groups is 1. The number of carbonyl (C=O) groups excluding carboxylic acids is 1. The highest BCUT2D eigenvalue weighted by Gasteiger charge is 2.44. The number of aliphatic hydroxyl groups excluding tert-OH is 1. The normalized spacial score (nSPS) is 43.7. The lowest BCUT2D eigenvalue weighted by molar-refractivity contribution is -0.134. The molecule has 3 nitrogen and oxygen atoms in total. The third-order valence-electron chi connectivity index (χ3n) is 3.98. The van der Waals surface area contributed by atoms with Crippen molar-refractivity contribution in [1.29, 1.82) is 0 Å². The number of carbonyl (C=O) groups is 1. The average Bonchev–Trinajstić information content (AvgIpc) is 2.17. The quantitative estimate of drug-likeness (QED) is 0.610. The Morgan fingerprint density at radius 3 is 2.71 bits per heavy atom. The highest BCUT2D eigenvalue weighted by Crippen LogP contribution is 2.45. The molecule has 1 spiro atoms. The highest BCUT2D eigenvalue weighted by atomic mass is 16.3. The molecule has 2 aliphatic rings. The summed E-state index contributed by atoms with van der Waals surface area (Å²) in [4.78, 5) is 11.3. The molecule has 1 amide bonds. The summed E-state index contributed by atoms with van der Waals surface area (Å²) in [6.45, 7) is 2.70. The van der Waals surface area contributed by atoms with Crippen LogP contribution in [0.5, 0.6) is 0 Å². The molecule has 2 fully saturated rings. The van der Waals surface area contributed by atoms with Crippen LogP contribution in [0.25, 0.3) is 0 Å². The van der Waals surface area contributed by atoms with E-state index in [1.54, 1.807) is 0 Å². The fourth-order valence-corrected chi connectivity index (χ4v) is 2.77. The summed E-state index contributed by atoms with van der Waals surface area (Å²) < 4.78 is 0. The van der Waals surface area contributed by atoms with Gasteiger partial charge in [0, 0.05) is 18.4 Å². The smallest absolute Gasteiger partial charge is 0.220 e. The van der Waals surface area contributed by atoms with Crippen molar-refractivity contribution in [3.8, 4) is 0 Å². The SMILES string of the molecule is CC1CCC2(CC1)CC(=O)NCC2O. The molecule has 0 bridgehead atoms. The third-order valence-corrected chi connectivity index (χ3v) is 3.98. The van der Waals surface area contributed by atoms with E-state index in [-0.39, 0.29) is 17.4 Å². The van der Waals surface area contributed by atoms with E-state index >= 15 is 0 Å². The molecule has 0 aromatic heterocycles. The summed E-state index contributed by atoms with van der Waals surface area (Å²) in [5, 5.41) is 12.7. The summed E-state index contributed by atoms with van der Waals surface area (Å²) in [7, 11) is 0. The number of rotatable bonds is 0. The molecular weight excluding hydrogens is 178 g/mol. The predicted octanol–water partition coefficient (Wildman–Crippen LogP) is 1.06. The van der Waals surface area contributed by atoms with Gasteiger partial charge in [-0.2, -0.15) is 0 Å². The molecule has 1 saturated heterocycles. The van der Waals surface area contributed by atoms with E-state index in [1.807, 2.05) is 0 Å². The molecule has 0 aromatic rings. The van der Waals surface area contributed by atoms with Gasteiger partial charge in [0.2, 0.25) is 5.91 Å². The van der Waals surface area contributed by atoms with E-state index < -0.39 is 0 Å². The minimum absolute atomic E-state index is 0.0884. The first-order valence-corrected chi connectivity index (χ1v) is 5.57. The van der Waals surface area contributed by atoms with E-state index in [1.165, 1.54) is 0 Å². The van der Waals surface area contributed by atoms with Crippen LogP contribution in [0, 0.1) is 11.3 Å². The lowest BCUT2D eigenvalue weighted by Crippen LogP contribution is -2.52. The van der Waals surface area contributed by atoms with E-state index in [2.05, 4.69) is 12.2 Å². The van der Waals surface area contributed by atoms with Gasteiger partial charge in [-0.3, -0.25) is 4.79 Å². The van der Waals surface area contributed by atoms with Crippen molar-refractivity contribution in [2.45, 2.75) is 45.1 Å². The van der Waals surface area contributed by atoms with Crippen LogP contribution in [-0.2, 0) is 4.79 Å². The van der Waals surface area contributed by atoms with Crippen molar-refractivity contribution in [3.63, 3.8) is 0 Å². The maximum atomic E-state index is 11.3. The summed E-state index contributed by atoms with van der Waals surface area (Å²) in [6.07, 6.45) is 4.55. The molecule has 1 aliphatic carbocycles. The average molecular weight is 197 g/mol. The molecule has 3 heteroatoms. The van der Waals surface area contributed by atoms with Crippen LogP contribution in [0.3, 0.4) is 0 Å². The first-order valence-electron chi connectivity index (χ1n) is 5.57. The van der Waals surface area contributed by atoms with Gasteiger partial charge in [-0.25, -0.2) is 0 Å². The van der Waals surface area contributed by atoms with Crippen molar-refractivity contribution in [3.05, 3.63) is 0 Å². The fraction of sp³-hybridized carbons (Fsp3) is 0.909. The predicted molar refractivity (Wildman–Crippen MR) is 53.7 cm³/mol. The van der Waals surface area contributed by atoms with Crippen LogP contribution in [0.1, 0.15) is 39.0 Å². The van der Waals surface area contributed by atoms with Gasteiger partial charge in [-0.1, -0.05) is 19.8 Å². The van der Waals surface area contributed by atoms with Gasteiger partial charge in [0.15, 0.2) is 0 Å². The summed E-state index contributed by atoms with van der Waals surface area (Å²) >= 11 is 0. The second-order valence-electron chi connectivity index (χ2n) is 5.04. The Balaban J connectivity index is 2.08. The molecule has 0 aromatic carbocycles. The molecule has 2 N–H and O–H groups in total. The van der Waals surface area contributed by atoms with E-state index in [9.17, 15) is 9.90 Å². The van der Waals surface area contributed by atoms with E-state index in [4.69, 9.17) is 0 Å². The van der Waals surface area contributed by atoms with Gasteiger partial charge < -0.3 is 10.4 Å². The first kappa shape index (κ1) is 9.97. The molecule has 1 unspecified atom stereocenters. The number of hydrogen-bond donors (Lipinski definition) is 2. The third kappa shape index (κ3) is 1.65. The fourth-order valence-electron chi connectivity index (χ4n) is 2.77. The van der Waals surface area contributed by atoms with Gasteiger partial charge in [0.05, 0.1) is 6.10 Å². The number of piperidine rings is 1. The van der Waals surface area contributed by atoms with Crippen LogP contribution in [0.4, 0.5) is 0 Å². The molecule has 80 valence electrons. The Labute approximate surface area is 84.9 Å². The lowest BCUT2D eigenvalue weighted by atomic mass is 9.64. The molecular formula is C11H19NO2. The second-order valence-corrected chi connectivity index (χ2v) is 5.04. The molecule has 1 heterocycles. The standard InChI is InChI=1S/C11H19NO2/c1-8-2-4-11(5-3-8)6-10(14)12-7-9(11)13/h8-9,13H,2-7H2,1H3,(H,12,14). The summed E-state index contributed by atoms with van der Waals surface area (Å²) in [6, 6.07) is 0. The monoisotopic (exact) mass is 197 g/mol. The van der Waals surface area contributed by atoms with Crippen molar-refractivity contribution in [2.75, 3.05) is 6.54 Å². The van der Waals surface area contributed by atoms with Gasteiger partial charge in [-0.05, 0) is 18.8 Å². The highest BCUT2D eigenvalue weighted by molar-refractivity contribution is 5.77. The van der Waals surface area contributed by atoms with Gasteiger partial charge in [0.25, 0.3) is 0 Å². The van der Waals surface area contributed by atoms with E-state index in [0.717, 1.165) is 31.6 Å². The Morgan fingerprint density at radius 1 is 1.43 bits per heavy atom. The Bertz CT molecular complexity index is 231. The number of nitrogens with one attached hydrogen (secondary N) is 1. The van der Waals surface area contributed by atoms with Crippen LogP contribution in [0.2, 0.25) is 0 Å². The molecule has 0 radical (unpaired) electrons. The zero-order valence-corrected chi connectivity index (χ0v) is 8.75. The van der Waals surface area contributed by atoms with Crippen molar-refractivity contribution in [1.82, 2.24) is 5.32 Å². The minimum atomic E-state index is -0.326. The van der Waals surface area contributed by atoms with Crippen molar-refractivity contribution in [2.24, 2.45) is 11.3 Å². The van der Waals surface area contributed by atoms with Crippen LogP contribution in [0.15, 0.2) is 0 Å². The van der Waals surface area contributed by atoms with E-state index in [0.29, 0.717) is 13.0 Å². The number of hydrogen-bond acceptors (Lipinski definition) is 2. The number of amides is 1. The van der Waals surface area contributed by atoms with Crippen LogP contribution in [-0.4, -0.2) is 23.7 Å². The second kappa shape index (κ2) is 3.54. The maximum Gasteiger partial charge on any atom is 0.220 e. The topological polar surface area (TPSA) is 49.3 Å². The molecule has 2 rings (SSSR count). The number of β-amino-alcohol motifs (C(OH)–C–C–N with tert-alkyl or cyclic N) is 1. The van der Waals surface area contributed by atoms with Crippen molar-refractivity contribution >= 4 is 5.91 Å². The minimum Gasteiger partial charge on any atom is -0.391 e. The maximum absolute atomic E-state index is 11.3. The Morgan fingerprint density at radius 2 is 2.07 bits per heavy atom. The zero-order chi connectivity index (χ0) is 10.2. The van der Waals surface area contributed by atoms with Crippen LogP contribution < -0.4 is 5.32 Å².